The van der Waals surface area contributed by atoms with E-state index < -0.39 is 10.0 Å². The Morgan fingerprint density at radius 3 is 2.84 bits per heavy atom. The SMILES string of the molecule is CNCc1csc(S(=O)(=O)NC2CC3CCC2C3)c1. The van der Waals surface area contributed by atoms with Crippen LogP contribution in [0.25, 0.3) is 0 Å². The van der Waals surface area contributed by atoms with E-state index in [9.17, 15) is 8.42 Å². The molecule has 0 saturated heterocycles. The molecule has 1 aromatic heterocycles. The van der Waals surface area contributed by atoms with Crippen molar-refractivity contribution in [2.24, 2.45) is 11.8 Å². The van der Waals surface area contributed by atoms with Crippen LogP contribution in [0.2, 0.25) is 0 Å². The van der Waals surface area contributed by atoms with E-state index in [-0.39, 0.29) is 6.04 Å². The molecule has 3 unspecified atom stereocenters. The quantitative estimate of drug-likeness (QED) is 0.873. The van der Waals surface area contributed by atoms with E-state index in [2.05, 4.69) is 10.0 Å². The van der Waals surface area contributed by atoms with Crippen LogP contribution < -0.4 is 10.0 Å². The lowest BCUT2D eigenvalue weighted by atomic mass is 9.96. The highest BCUT2D eigenvalue weighted by Crippen LogP contribution is 2.44. The first-order chi connectivity index (χ1) is 9.08. The molecule has 2 fully saturated rings. The molecular formula is C13H20N2O2S2. The molecule has 106 valence electrons. The van der Waals surface area contributed by atoms with Crippen LogP contribution in [0, 0.1) is 11.8 Å². The molecule has 2 saturated carbocycles. The first kappa shape index (κ1) is 13.5. The first-order valence-corrected chi connectivity index (χ1v) is 9.19. The predicted molar refractivity (Wildman–Crippen MR) is 76.6 cm³/mol. The summed E-state index contributed by atoms with van der Waals surface area (Å²) in [6.07, 6.45) is 4.71. The molecule has 3 atom stereocenters. The van der Waals surface area contributed by atoms with E-state index in [4.69, 9.17) is 0 Å². The number of hydrogen-bond donors (Lipinski definition) is 2. The Morgan fingerprint density at radius 1 is 1.37 bits per heavy atom. The molecule has 2 N–H and O–H groups in total. The third kappa shape index (κ3) is 2.72. The van der Waals surface area contributed by atoms with Crippen molar-refractivity contribution in [3.8, 4) is 0 Å². The lowest BCUT2D eigenvalue weighted by molar-refractivity contribution is 0.390. The maximum atomic E-state index is 12.4. The summed E-state index contributed by atoms with van der Waals surface area (Å²) < 4.78 is 28.1. The van der Waals surface area contributed by atoms with Gasteiger partial charge in [0.05, 0.1) is 0 Å². The first-order valence-electron chi connectivity index (χ1n) is 6.83. The van der Waals surface area contributed by atoms with Gasteiger partial charge in [0.15, 0.2) is 0 Å². The summed E-state index contributed by atoms with van der Waals surface area (Å²) in [6, 6.07) is 1.94. The van der Waals surface area contributed by atoms with Gasteiger partial charge in [-0.15, -0.1) is 11.3 Å². The van der Waals surface area contributed by atoms with E-state index in [1.807, 2.05) is 12.4 Å². The molecule has 2 aliphatic carbocycles. The van der Waals surface area contributed by atoms with Crippen LogP contribution in [0.5, 0.6) is 0 Å². The Balaban J connectivity index is 1.71. The minimum absolute atomic E-state index is 0.165. The normalized spacial score (nSPS) is 30.1. The van der Waals surface area contributed by atoms with E-state index in [1.165, 1.54) is 30.6 Å². The topological polar surface area (TPSA) is 58.2 Å². The summed E-state index contributed by atoms with van der Waals surface area (Å²) in [4.78, 5) is 0. The number of hydrogen-bond acceptors (Lipinski definition) is 4. The highest BCUT2D eigenvalue weighted by atomic mass is 32.2. The second-order valence-electron chi connectivity index (χ2n) is 5.71. The smallest absolute Gasteiger partial charge is 0.250 e. The lowest BCUT2D eigenvalue weighted by Crippen LogP contribution is -2.38. The average Bonchev–Trinajstić information content (AvgIpc) is 3.03. The van der Waals surface area contributed by atoms with Gasteiger partial charge in [0.25, 0.3) is 0 Å². The van der Waals surface area contributed by atoms with Crippen molar-refractivity contribution in [1.82, 2.24) is 10.0 Å². The Labute approximate surface area is 118 Å². The summed E-state index contributed by atoms with van der Waals surface area (Å²) in [7, 11) is -1.46. The zero-order chi connectivity index (χ0) is 13.5. The molecule has 0 aromatic carbocycles. The van der Waals surface area contributed by atoms with Crippen LogP contribution in [0.4, 0.5) is 0 Å². The number of fused-ring (bicyclic) bond motifs is 2. The van der Waals surface area contributed by atoms with Crippen LogP contribution >= 0.6 is 11.3 Å². The van der Waals surface area contributed by atoms with Crippen LogP contribution in [0.3, 0.4) is 0 Å². The average molecular weight is 300 g/mol. The summed E-state index contributed by atoms with van der Waals surface area (Å²) in [5, 5.41) is 4.94. The van der Waals surface area contributed by atoms with Gasteiger partial charge in [-0.05, 0) is 55.2 Å². The van der Waals surface area contributed by atoms with Gasteiger partial charge < -0.3 is 5.32 Å². The molecular weight excluding hydrogens is 280 g/mol. The van der Waals surface area contributed by atoms with Crippen molar-refractivity contribution in [1.29, 1.82) is 0 Å². The van der Waals surface area contributed by atoms with Gasteiger partial charge in [-0.1, -0.05) is 6.42 Å². The second kappa shape index (κ2) is 5.16. The van der Waals surface area contributed by atoms with Gasteiger partial charge in [0.2, 0.25) is 10.0 Å². The van der Waals surface area contributed by atoms with Crippen molar-refractivity contribution < 1.29 is 8.42 Å². The van der Waals surface area contributed by atoms with E-state index in [1.54, 1.807) is 6.07 Å². The van der Waals surface area contributed by atoms with Crippen LogP contribution in [0.15, 0.2) is 15.7 Å². The Kier molecular flexibility index (Phi) is 3.68. The van der Waals surface area contributed by atoms with Crippen LogP contribution in [0.1, 0.15) is 31.2 Å². The summed E-state index contributed by atoms with van der Waals surface area (Å²) in [5.74, 6) is 1.32. The van der Waals surface area contributed by atoms with Crippen LogP contribution in [-0.4, -0.2) is 21.5 Å². The zero-order valence-corrected chi connectivity index (χ0v) is 12.7. The van der Waals surface area contributed by atoms with E-state index >= 15 is 0 Å². The highest BCUT2D eigenvalue weighted by molar-refractivity contribution is 7.91. The Hall–Kier alpha value is -0.430. The summed E-state index contributed by atoms with van der Waals surface area (Å²) >= 11 is 1.31. The number of rotatable bonds is 5. The molecule has 0 spiro atoms. The van der Waals surface area contributed by atoms with Gasteiger partial charge in [-0.3, -0.25) is 0 Å². The molecule has 2 aliphatic rings. The third-order valence-electron chi connectivity index (χ3n) is 4.32. The molecule has 19 heavy (non-hydrogen) atoms. The molecule has 2 bridgehead atoms. The van der Waals surface area contributed by atoms with Crippen molar-refractivity contribution in [2.45, 2.75) is 42.5 Å². The molecule has 4 nitrogen and oxygen atoms in total. The summed E-state index contributed by atoms with van der Waals surface area (Å²) in [5.41, 5.74) is 1.03. The maximum Gasteiger partial charge on any atom is 0.250 e. The van der Waals surface area contributed by atoms with Gasteiger partial charge >= 0.3 is 0 Å². The second-order valence-corrected chi connectivity index (χ2v) is 8.56. The molecule has 0 amide bonds. The maximum absolute atomic E-state index is 12.4. The fraction of sp³-hybridized carbons (Fsp3) is 0.692. The highest BCUT2D eigenvalue weighted by Gasteiger charge is 2.41. The largest absolute Gasteiger partial charge is 0.316 e. The standard InChI is InChI=1S/C13H20N2O2S2/c1-14-7-10-6-13(18-8-10)19(16,17)15-12-5-9-2-3-11(12)4-9/h6,8-9,11-12,14-15H,2-5,7H2,1H3. The Morgan fingerprint density at radius 2 is 2.21 bits per heavy atom. The minimum Gasteiger partial charge on any atom is -0.316 e. The van der Waals surface area contributed by atoms with Crippen molar-refractivity contribution in [2.75, 3.05) is 7.05 Å². The number of thiophene rings is 1. The van der Waals surface area contributed by atoms with Crippen molar-refractivity contribution >= 4 is 21.4 Å². The van der Waals surface area contributed by atoms with E-state index in [0.29, 0.717) is 16.7 Å². The van der Waals surface area contributed by atoms with E-state index in [0.717, 1.165) is 17.9 Å². The molecule has 0 aliphatic heterocycles. The molecule has 3 rings (SSSR count). The molecule has 1 aromatic rings. The van der Waals surface area contributed by atoms with Crippen LogP contribution in [-0.2, 0) is 16.6 Å². The molecule has 0 radical (unpaired) electrons. The van der Waals surface area contributed by atoms with Gasteiger partial charge in [-0.2, -0.15) is 0 Å². The van der Waals surface area contributed by atoms with Gasteiger partial charge in [0, 0.05) is 12.6 Å². The fourth-order valence-electron chi connectivity index (χ4n) is 3.44. The monoisotopic (exact) mass is 300 g/mol. The number of sulfonamides is 1. The van der Waals surface area contributed by atoms with Crippen molar-refractivity contribution in [3.63, 3.8) is 0 Å². The van der Waals surface area contributed by atoms with Gasteiger partial charge in [-0.25, -0.2) is 13.1 Å². The zero-order valence-electron chi connectivity index (χ0n) is 11.1. The fourth-order valence-corrected chi connectivity index (χ4v) is 5.98. The minimum atomic E-state index is -3.32. The third-order valence-corrected chi connectivity index (χ3v) is 7.30. The molecule has 1 heterocycles. The predicted octanol–water partition coefficient (Wildman–Crippen LogP) is 1.93. The summed E-state index contributed by atoms with van der Waals surface area (Å²) in [6.45, 7) is 0.708. The lowest BCUT2D eigenvalue weighted by Gasteiger charge is -2.22. The van der Waals surface area contributed by atoms with Crippen molar-refractivity contribution in [3.05, 3.63) is 17.0 Å². The molecule has 6 heteroatoms. The van der Waals surface area contributed by atoms with Gasteiger partial charge in [0.1, 0.15) is 4.21 Å². The number of nitrogens with one attached hydrogen (secondary N) is 2. The Bertz CT molecular complexity index is 553.